The zero-order valence-corrected chi connectivity index (χ0v) is 10.5. The van der Waals surface area contributed by atoms with Crippen LogP contribution in [0.5, 0.6) is 0 Å². The number of rotatable bonds is 1. The summed E-state index contributed by atoms with van der Waals surface area (Å²) in [4.78, 5) is 0. The second kappa shape index (κ2) is 4.63. The first-order chi connectivity index (χ1) is 6.56. The van der Waals surface area contributed by atoms with Gasteiger partial charge in [-0.3, -0.25) is 0 Å². The average Bonchev–Trinajstić information content (AvgIpc) is 2.01. The minimum absolute atomic E-state index is 0.291. The Bertz CT molecular complexity index is 370. The third-order valence-corrected chi connectivity index (χ3v) is 4.19. The summed E-state index contributed by atoms with van der Waals surface area (Å²) in [7, 11) is -0.291. The number of benzene rings is 1. The lowest BCUT2D eigenvalue weighted by atomic mass is 10.1. The van der Waals surface area contributed by atoms with Crippen molar-refractivity contribution < 1.29 is 0 Å². The van der Waals surface area contributed by atoms with Crippen LogP contribution in [0.3, 0.4) is 0 Å². The molecule has 14 heavy (non-hydrogen) atoms. The Labute approximate surface area is 88.5 Å². The van der Waals surface area contributed by atoms with E-state index in [2.05, 4.69) is 51.2 Å². The Hall–Kier alpha value is -0.790. The predicted octanol–water partition coefficient (Wildman–Crippen LogP) is 3.33. The van der Waals surface area contributed by atoms with Crippen LogP contribution in [0.2, 0.25) is 0 Å². The Morgan fingerprint density at radius 1 is 1.07 bits per heavy atom. The molecule has 0 radical (unpaired) electrons. The van der Waals surface area contributed by atoms with Gasteiger partial charge >= 0.3 is 0 Å². The van der Waals surface area contributed by atoms with E-state index in [0.717, 1.165) is 0 Å². The SMILES string of the molecule is CC#CP(C)c1c(C)cc(C)cc1C. The minimum Gasteiger partial charge on any atom is -0.102 e. The first kappa shape index (κ1) is 11.3. The van der Waals surface area contributed by atoms with E-state index in [1.807, 2.05) is 6.92 Å². The van der Waals surface area contributed by atoms with Crippen molar-refractivity contribution >= 4 is 13.2 Å². The minimum atomic E-state index is -0.291. The van der Waals surface area contributed by atoms with Gasteiger partial charge in [-0.15, -0.1) is 5.92 Å². The third kappa shape index (κ3) is 2.37. The molecule has 0 aliphatic heterocycles. The first-order valence-electron chi connectivity index (χ1n) is 4.80. The molecular weight excluding hydrogens is 187 g/mol. The van der Waals surface area contributed by atoms with Crippen LogP contribution in [-0.2, 0) is 0 Å². The monoisotopic (exact) mass is 204 g/mol. The normalized spacial score (nSPS) is 11.8. The molecule has 1 heteroatoms. The predicted molar refractivity (Wildman–Crippen MR) is 66.6 cm³/mol. The van der Waals surface area contributed by atoms with Gasteiger partial charge < -0.3 is 0 Å². The summed E-state index contributed by atoms with van der Waals surface area (Å²) >= 11 is 0. The molecule has 0 fully saturated rings. The van der Waals surface area contributed by atoms with Gasteiger partial charge in [-0.05, 0) is 50.8 Å². The van der Waals surface area contributed by atoms with E-state index in [4.69, 9.17) is 0 Å². The highest BCUT2D eigenvalue weighted by Crippen LogP contribution is 2.31. The van der Waals surface area contributed by atoms with Gasteiger partial charge in [0.15, 0.2) is 0 Å². The van der Waals surface area contributed by atoms with Crippen molar-refractivity contribution in [1.82, 2.24) is 0 Å². The van der Waals surface area contributed by atoms with Crippen LogP contribution in [-0.4, -0.2) is 6.66 Å². The maximum Gasteiger partial charge on any atom is 0.000649 e. The van der Waals surface area contributed by atoms with E-state index in [0.29, 0.717) is 0 Å². The molecule has 1 rings (SSSR count). The van der Waals surface area contributed by atoms with Crippen LogP contribution < -0.4 is 5.30 Å². The summed E-state index contributed by atoms with van der Waals surface area (Å²) in [5.41, 5.74) is 7.40. The zero-order valence-electron chi connectivity index (χ0n) is 9.60. The third-order valence-electron chi connectivity index (χ3n) is 2.25. The van der Waals surface area contributed by atoms with Crippen molar-refractivity contribution in [2.24, 2.45) is 0 Å². The topological polar surface area (TPSA) is 0 Å². The van der Waals surface area contributed by atoms with Crippen LogP contribution >= 0.6 is 7.92 Å². The molecule has 0 heterocycles. The highest BCUT2D eigenvalue weighted by Gasteiger charge is 2.08. The lowest BCUT2D eigenvalue weighted by Gasteiger charge is -2.13. The van der Waals surface area contributed by atoms with E-state index in [1.54, 1.807) is 0 Å². The summed E-state index contributed by atoms with van der Waals surface area (Å²) in [5.74, 6) is 3.01. The van der Waals surface area contributed by atoms with E-state index < -0.39 is 0 Å². The van der Waals surface area contributed by atoms with Crippen molar-refractivity contribution in [2.45, 2.75) is 27.7 Å². The molecule has 1 unspecified atom stereocenters. The molecule has 1 aromatic rings. The molecule has 0 saturated carbocycles. The van der Waals surface area contributed by atoms with E-state index in [1.165, 1.54) is 22.0 Å². The maximum atomic E-state index is 3.28. The highest BCUT2D eigenvalue weighted by atomic mass is 31.1. The fraction of sp³-hybridized carbons (Fsp3) is 0.385. The van der Waals surface area contributed by atoms with Crippen molar-refractivity contribution in [2.75, 3.05) is 6.66 Å². The van der Waals surface area contributed by atoms with Crippen LogP contribution in [0, 0.1) is 32.4 Å². The maximum absolute atomic E-state index is 3.28. The quantitative estimate of drug-likeness (QED) is 0.486. The number of hydrogen-bond acceptors (Lipinski definition) is 0. The van der Waals surface area contributed by atoms with Crippen LogP contribution in [0.15, 0.2) is 12.1 Å². The summed E-state index contributed by atoms with van der Waals surface area (Å²) in [6.45, 7) is 10.7. The van der Waals surface area contributed by atoms with Crippen molar-refractivity contribution in [3.05, 3.63) is 28.8 Å². The standard InChI is InChI=1S/C13H17P/c1-6-7-14(5)13-11(3)8-10(2)9-12(13)4/h8-9H,1-5H3. The van der Waals surface area contributed by atoms with Crippen molar-refractivity contribution in [3.8, 4) is 11.6 Å². The molecule has 0 bridgehead atoms. The Morgan fingerprint density at radius 3 is 2.00 bits per heavy atom. The van der Waals surface area contributed by atoms with Gasteiger partial charge in [-0.25, -0.2) is 0 Å². The van der Waals surface area contributed by atoms with Crippen LogP contribution in [0.25, 0.3) is 0 Å². The molecule has 1 atom stereocenters. The van der Waals surface area contributed by atoms with Gasteiger partial charge in [0.05, 0.1) is 0 Å². The molecular formula is C13H17P. The number of hydrogen-bond donors (Lipinski definition) is 0. The van der Waals surface area contributed by atoms with E-state index in [-0.39, 0.29) is 7.92 Å². The van der Waals surface area contributed by atoms with Gasteiger partial charge in [0.2, 0.25) is 0 Å². The lowest BCUT2D eigenvalue weighted by molar-refractivity contribution is 1.36. The van der Waals surface area contributed by atoms with E-state index >= 15 is 0 Å². The molecule has 0 saturated heterocycles. The molecule has 74 valence electrons. The largest absolute Gasteiger partial charge is 0.102 e. The molecule has 0 aromatic heterocycles. The van der Waals surface area contributed by atoms with Crippen LogP contribution in [0.4, 0.5) is 0 Å². The molecule has 0 spiro atoms. The fourth-order valence-corrected chi connectivity index (χ4v) is 3.56. The Balaban J connectivity index is 3.25. The van der Waals surface area contributed by atoms with E-state index in [9.17, 15) is 0 Å². The second-order valence-electron chi connectivity index (χ2n) is 3.67. The number of aryl methyl sites for hydroxylation is 3. The average molecular weight is 204 g/mol. The summed E-state index contributed by atoms with van der Waals surface area (Å²) in [5, 5.41) is 1.46. The molecule has 0 aliphatic rings. The molecule has 0 N–H and O–H groups in total. The summed E-state index contributed by atoms with van der Waals surface area (Å²) < 4.78 is 0. The molecule has 0 amide bonds. The first-order valence-corrected chi connectivity index (χ1v) is 6.59. The highest BCUT2D eigenvalue weighted by molar-refractivity contribution is 7.70. The van der Waals surface area contributed by atoms with Gasteiger partial charge in [-0.2, -0.15) is 0 Å². The molecule has 1 aromatic carbocycles. The summed E-state index contributed by atoms with van der Waals surface area (Å²) in [6, 6.07) is 4.50. The van der Waals surface area contributed by atoms with Gasteiger partial charge in [0.25, 0.3) is 0 Å². The van der Waals surface area contributed by atoms with Crippen molar-refractivity contribution in [1.29, 1.82) is 0 Å². The lowest BCUT2D eigenvalue weighted by Crippen LogP contribution is -2.09. The van der Waals surface area contributed by atoms with Crippen LogP contribution in [0.1, 0.15) is 23.6 Å². The van der Waals surface area contributed by atoms with Gasteiger partial charge in [0, 0.05) is 7.92 Å². The Morgan fingerprint density at radius 2 is 1.57 bits per heavy atom. The van der Waals surface area contributed by atoms with Gasteiger partial charge in [-0.1, -0.05) is 23.4 Å². The smallest absolute Gasteiger partial charge is 0.000649 e. The molecule has 0 nitrogen and oxygen atoms in total. The van der Waals surface area contributed by atoms with Gasteiger partial charge in [0.1, 0.15) is 0 Å². The summed E-state index contributed by atoms with van der Waals surface area (Å²) in [6.07, 6.45) is 0. The van der Waals surface area contributed by atoms with Crippen molar-refractivity contribution in [3.63, 3.8) is 0 Å². The zero-order chi connectivity index (χ0) is 10.7. The molecule has 0 aliphatic carbocycles. The fourth-order valence-electron chi connectivity index (χ4n) is 1.93. The second-order valence-corrected chi connectivity index (χ2v) is 5.46. The Kier molecular flexibility index (Phi) is 3.73.